The second kappa shape index (κ2) is 16.7. The van der Waals surface area contributed by atoms with E-state index in [1.54, 1.807) is 0 Å². The van der Waals surface area contributed by atoms with Gasteiger partial charge in [-0.2, -0.15) is 0 Å². The standard InChI is InChI=1S/C30H50O4/c1-6-7-8-9-10-11-17-24-18-14-19-25(26(29(31)32)20-12-15-22(2)3)28(24)27(30(33)34)21-13-16-23(4)5/h14,18-19,22-23,26-27H,6-13,15-17,20-21H2,1-5H3,(H,31,32)(H,33,34). The Balaban J connectivity index is 3.27. The zero-order valence-electron chi connectivity index (χ0n) is 22.4. The monoisotopic (exact) mass is 474 g/mol. The molecule has 2 unspecified atom stereocenters. The van der Waals surface area contributed by atoms with Crippen LogP contribution in [0, 0.1) is 11.8 Å². The molecule has 0 aromatic heterocycles. The smallest absolute Gasteiger partial charge is 0.310 e. The molecule has 0 radical (unpaired) electrons. The number of carbonyl (C=O) groups is 2. The molecule has 0 aliphatic rings. The van der Waals surface area contributed by atoms with Crippen LogP contribution in [0.3, 0.4) is 0 Å². The van der Waals surface area contributed by atoms with Crippen molar-refractivity contribution in [3.05, 3.63) is 34.9 Å². The summed E-state index contributed by atoms with van der Waals surface area (Å²) in [6, 6.07) is 5.86. The summed E-state index contributed by atoms with van der Waals surface area (Å²) in [5, 5.41) is 20.4. The van der Waals surface area contributed by atoms with Gasteiger partial charge in [-0.1, -0.05) is 111 Å². The summed E-state index contributed by atoms with van der Waals surface area (Å²) in [7, 11) is 0. The van der Waals surface area contributed by atoms with Gasteiger partial charge >= 0.3 is 11.9 Å². The van der Waals surface area contributed by atoms with E-state index in [9.17, 15) is 19.8 Å². The van der Waals surface area contributed by atoms with E-state index in [1.807, 2.05) is 18.2 Å². The number of rotatable bonds is 19. The molecule has 0 heterocycles. The van der Waals surface area contributed by atoms with Crippen LogP contribution in [0.1, 0.15) is 140 Å². The van der Waals surface area contributed by atoms with E-state index in [0.29, 0.717) is 24.7 Å². The predicted molar refractivity (Wildman–Crippen MR) is 142 cm³/mol. The molecule has 1 aromatic carbocycles. The molecule has 1 rings (SSSR count). The van der Waals surface area contributed by atoms with Crippen molar-refractivity contribution in [2.24, 2.45) is 11.8 Å². The SMILES string of the molecule is CCCCCCCCc1cccc(C(CCCC(C)C)C(=O)O)c1C(CCCC(C)C)C(=O)O. The minimum Gasteiger partial charge on any atom is -0.481 e. The number of hydrogen-bond donors (Lipinski definition) is 2. The molecule has 194 valence electrons. The fourth-order valence-corrected chi connectivity index (χ4v) is 4.94. The molecule has 0 aliphatic heterocycles. The minimum atomic E-state index is -0.840. The number of unbranched alkanes of at least 4 members (excludes halogenated alkanes) is 5. The average molecular weight is 475 g/mol. The van der Waals surface area contributed by atoms with Gasteiger partial charge in [0.15, 0.2) is 0 Å². The van der Waals surface area contributed by atoms with Gasteiger partial charge in [0.1, 0.15) is 0 Å². The quantitative estimate of drug-likeness (QED) is 0.197. The number of aryl methyl sites for hydroxylation is 1. The average Bonchev–Trinajstić information content (AvgIpc) is 2.76. The Kier molecular flexibility index (Phi) is 14.9. The van der Waals surface area contributed by atoms with Crippen LogP contribution in [0.15, 0.2) is 18.2 Å². The lowest BCUT2D eigenvalue weighted by atomic mass is 9.79. The van der Waals surface area contributed by atoms with Crippen LogP contribution >= 0.6 is 0 Å². The molecule has 0 spiro atoms. The van der Waals surface area contributed by atoms with E-state index in [2.05, 4.69) is 34.6 Å². The van der Waals surface area contributed by atoms with Gasteiger partial charge in [0, 0.05) is 0 Å². The Morgan fingerprint density at radius 2 is 1.24 bits per heavy atom. The van der Waals surface area contributed by atoms with Crippen LogP contribution in [0.25, 0.3) is 0 Å². The van der Waals surface area contributed by atoms with Gasteiger partial charge in [-0.25, -0.2) is 0 Å². The third kappa shape index (κ3) is 11.1. The van der Waals surface area contributed by atoms with Gasteiger partial charge in [0.25, 0.3) is 0 Å². The maximum atomic E-state index is 12.5. The number of carboxylic acid groups (broad SMARTS) is 2. The number of aliphatic carboxylic acids is 2. The predicted octanol–water partition coefficient (Wildman–Crippen LogP) is 8.58. The molecule has 4 heteroatoms. The summed E-state index contributed by atoms with van der Waals surface area (Å²) in [6.45, 7) is 10.8. The Hall–Kier alpha value is -1.84. The van der Waals surface area contributed by atoms with Gasteiger partial charge in [-0.15, -0.1) is 0 Å². The van der Waals surface area contributed by atoms with Crippen molar-refractivity contribution in [2.75, 3.05) is 0 Å². The summed E-state index contributed by atoms with van der Waals surface area (Å²) in [5.41, 5.74) is 2.57. The first-order valence-corrected chi connectivity index (χ1v) is 13.8. The summed E-state index contributed by atoms with van der Waals surface area (Å²) in [5.74, 6) is -1.91. The topological polar surface area (TPSA) is 74.6 Å². The van der Waals surface area contributed by atoms with Crippen molar-refractivity contribution in [3.8, 4) is 0 Å². The van der Waals surface area contributed by atoms with Crippen LogP contribution in [-0.2, 0) is 16.0 Å². The van der Waals surface area contributed by atoms with E-state index in [4.69, 9.17) is 0 Å². The van der Waals surface area contributed by atoms with Crippen molar-refractivity contribution in [1.82, 2.24) is 0 Å². The third-order valence-electron chi connectivity index (χ3n) is 6.90. The highest BCUT2D eigenvalue weighted by atomic mass is 16.4. The second-order valence-corrected chi connectivity index (χ2v) is 10.9. The maximum absolute atomic E-state index is 12.5. The highest BCUT2D eigenvalue weighted by Gasteiger charge is 2.30. The fourth-order valence-electron chi connectivity index (χ4n) is 4.94. The molecule has 2 N–H and O–H groups in total. The summed E-state index contributed by atoms with van der Waals surface area (Å²) in [6.07, 6.45) is 12.6. The first-order chi connectivity index (χ1) is 16.2. The zero-order chi connectivity index (χ0) is 25.5. The van der Waals surface area contributed by atoms with Gasteiger partial charge in [0.2, 0.25) is 0 Å². The highest BCUT2D eigenvalue weighted by Crippen LogP contribution is 2.36. The van der Waals surface area contributed by atoms with Crippen LogP contribution < -0.4 is 0 Å². The summed E-state index contributed by atoms with van der Waals surface area (Å²) < 4.78 is 0. The number of benzene rings is 1. The fraction of sp³-hybridized carbons (Fsp3) is 0.733. The third-order valence-corrected chi connectivity index (χ3v) is 6.90. The summed E-state index contributed by atoms with van der Waals surface area (Å²) in [4.78, 5) is 24.8. The van der Waals surface area contributed by atoms with Crippen molar-refractivity contribution >= 4 is 11.9 Å². The van der Waals surface area contributed by atoms with Crippen molar-refractivity contribution in [3.63, 3.8) is 0 Å². The van der Waals surface area contributed by atoms with E-state index in [-0.39, 0.29) is 0 Å². The molecule has 0 bridgehead atoms. The number of hydrogen-bond acceptors (Lipinski definition) is 2. The largest absolute Gasteiger partial charge is 0.481 e. The van der Waals surface area contributed by atoms with Gasteiger partial charge in [-0.3, -0.25) is 9.59 Å². The molecule has 34 heavy (non-hydrogen) atoms. The van der Waals surface area contributed by atoms with E-state index < -0.39 is 23.8 Å². The lowest BCUT2D eigenvalue weighted by Gasteiger charge is -2.25. The molecule has 4 nitrogen and oxygen atoms in total. The normalized spacial score (nSPS) is 13.4. The molecule has 0 fully saturated rings. The van der Waals surface area contributed by atoms with Crippen molar-refractivity contribution < 1.29 is 19.8 Å². The zero-order valence-corrected chi connectivity index (χ0v) is 22.4. The van der Waals surface area contributed by atoms with Crippen LogP contribution in [0.4, 0.5) is 0 Å². The van der Waals surface area contributed by atoms with Gasteiger partial charge < -0.3 is 10.2 Å². The van der Waals surface area contributed by atoms with Crippen LogP contribution in [-0.4, -0.2) is 22.2 Å². The van der Waals surface area contributed by atoms with E-state index in [0.717, 1.165) is 61.6 Å². The molecule has 0 aliphatic carbocycles. The van der Waals surface area contributed by atoms with Crippen LogP contribution in [0.5, 0.6) is 0 Å². The lowest BCUT2D eigenvalue weighted by molar-refractivity contribution is -0.140. The van der Waals surface area contributed by atoms with E-state index >= 15 is 0 Å². The molecular formula is C30H50O4. The van der Waals surface area contributed by atoms with Crippen molar-refractivity contribution in [2.45, 2.75) is 130 Å². The molecule has 1 aromatic rings. The first-order valence-electron chi connectivity index (χ1n) is 13.8. The Morgan fingerprint density at radius 3 is 1.76 bits per heavy atom. The van der Waals surface area contributed by atoms with Crippen molar-refractivity contribution in [1.29, 1.82) is 0 Å². The summed E-state index contributed by atoms with van der Waals surface area (Å²) >= 11 is 0. The maximum Gasteiger partial charge on any atom is 0.310 e. The minimum absolute atomic E-state index is 0.523. The molecule has 0 saturated heterocycles. The number of carboxylic acids is 2. The van der Waals surface area contributed by atoms with E-state index in [1.165, 1.54) is 25.7 Å². The van der Waals surface area contributed by atoms with Crippen LogP contribution in [0.2, 0.25) is 0 Å². The Morgan fingerprint density at radius 1 is 0.706 bits per heavy atom. The molecule has 0 saturated carbocycles. The second-order valence-electron chi connectivity index (χ2n) is 10.9. The lowest BCUT2D eigenvalue weighted by Crippen LogP contribution is -2.21. The molecule has 0 amide bonds. The first kappa shape index (κ1) is 30.2. The molecular weight excluding hydrogens is 424 g/mol. The van der Waals surface area contributed by atoms with Gasteiger partial charge in [0.05, 0.1) is 11.8 Å². The molecule has 2 atom stereocenters. The Labute approximate surface area is 208 Å². The van der Waals surface area contributed by atoms with Gasteiger partial charge in [-0.05, 0) is 54.2 Å². The highest BCUT2D eigenvalue weighted by molar-refractivity contribution is 5.81. The Bertz CT molecular complexity index is 723.